The molecule has 1 aromatic rings. The number of ether oxygens (including phenoxy) is 1. The van der Waals surface area contributed by atoms with Crippen molar-refractivity contribution in [3.8, 4) is 0 Å². The van der Waals surface area contributed by atoms with Crippen molar-refractivity contribution in [3.05, 3.63) is 48.0 Å². The second kappa shape index (κ2) is 5.83. The van der Waals surface area contributed by atoms with Crippen molar-refractivity contribution in [1.29, 1.82) is 0 Å². The second-order valence-electron chi connectivity index (χ2n) is 4.35. The highest BCUT2D eigenvalue weighted by Gasteiger charge is 2.12. The van der Waals surface area contributed by atoms with Gasteiger partial charge in [-0.3, -0.25) is 0 Å². The zero-order valence-corrected chi connectivity index (χ0v) is 9.80. The van der Waals surface area contributed by atoms with Gasteiger partial charge in [0, 0.05) is 13.1 Å². The highest BCUT2D eigenvalue weighted by Crippen LogP contribution is 2.10. The Kier molecular flexibility index (Phi) is 4.14. The van der Waals surface area contributed by atoms with Gasteiger partial charge in [0.15, 0.2) is 0 Å². The summed E-state index contributed by atoms with van der Waals surface area (Å²) in [5.41, 5.74) is 1.25. The fraction of sp³-hybridized carbons (Fsp3) is 0.429. The van der Waals surface area contributed by atoms with Crippen LogP contribution in [0.15, 0.2) is 42.5 Å². The van der Waals surface area contributed by atoms with Gasteiger partial charge >= 0.3 is 0 Å². The predicted molar refractivity (Wildman–Crippen MR) is 66.3 cm³/mol. The lowest BCUT2D eigenvalue weighted by atomic mass is 10.2. The van der Waals surface area contributed by atoms with Crippen molar-refractivity contribution < 1.29 is 4.74 Å². The van der Waals surface area contributed by atoms with Gasteiger partial charge in [-0.1, -0.05) is 42.5 Å². The quantitative estimate of drug-likeness (QED) is 0.721. The van der Waals surface area contributed by atoms with E-state index in [4.69, 9.17) is 4.74 Å². The molecule has 1 aliphatic rings. The molecular formula is C14H19NO. The molecule has 0 bridgehead atoms. The number of hydrogen-bond acceptors (Lipinski definition) is 2. The molecule has 0 radical (unpaired) electrons. The molecule has 1 heterocycles. The van der Waals surface area contributed by atoms with Crippen LogP contribution in [-0.4, -0.2) is 31.1 Å². The minimum Gasteiger partial charge on any atom is -0.372 e. The van der Waals surface area contributed by atoms with E-state index < -0.39 is 0 Å². The fourth-order valence-electron chi connectivity index (χ4n) is 1.91. The van der Waals surface area contributed by atoms with Crippen molar-refractivity contribution >= 4 is 0 Å². The van der Waals surface area contributed by atoms with E-state index in [0.29, 0.717) is 12.7 Å². The van der Waals surface area contributed by atoms with E-state index >= 15 is 0 Å². The first-order valence-electron chi connectivity index (χ1n) is 5.83. The van der Waals surface area contributed by atoms with Crippen LogP contribution in [0.25, 0.3) is 0 Å². The number of nitrogens with zero attached hydrogens (tertiary/aromatic N) is 1. The Morgan fingerprint density at radius 2 is 2.06 bits per heavy atom. The summed E-state index contributed by atoms with van der Waals surface area (Å²) in [4.78, 5) is 2.29. The summed E-state index contributed by atoms with van der Waals surface area (Å²) < 4.78 is 5.93. The molecule has 1 aromatic carbocycles. The highest BCUT2D eigenvalue weighted by atomic mass is 16.5. The van der Waals surface area contributed by atoms with Gasteiger partial charge in [0.25, 0.3) is 0 Å². The number of benzene rings is 1. The summed E-state index contributed by atoms with van der Waals surface area (Å²) in [6.45, 7) is 2.76. The second-order valence-corrected chi connectivity index (χ2v) is 4.35. The van der Waals surface area contributed by atoms with Gasteiger partial charge < -0.3 is 9.64 Å². The average Bonchev–Trinajstić information content (AvgIpc) is 2.52. The van der Waals surface area contributed by atoms with Gasteiger partial charge in [-0.25, -0.2) is 0 Å². The summed E-state index contributed by atoms with van der Waals surface area (Å²) in [5.74, 6) is 0. The zero-order chi connectivity index (χ0) is 11.2. The monoisotopic (exact) mass is 217 g/mol. The van der Waals surface area contributed by atoms with Crippen LogP contribution >= 0.6 is 0 Å². The molecule has 2 rings (SSSR count). The van der Waals surface area contributed by atoms with Crippen LogP contribution in [0.5, 0.6) is 0 Å². The minimum atomic E-state index is 0.323. The molecule has 0 aromatic heterocycles. The molecule has 1 unspecified atom stereocenters. The molecule has 1 atom stereocenters. The van der Waals surface area contributed by atoms with E-state index in [9.17, 15) is 0 Å². The van der Waals surface area contributed by atoms with E-state index in [1.165, 1.54) is 5.56 Å². The highest BCUT2D eigenvalue weighted by molar-refractivity contribution is 5.13. The molecule has 2 nitrogen and oxygen atoms in total. The molecule has 0 spiro atoms. The number of rotatable bonds is 3. The average molecular weight is 217 g/mol. The summed E-state index contributed by atoms with van der Waals surface area (Å²) >= 11 is 0. The molecule has 0 N–H and O–H groups in total. The maximum Gasteiger partial charge on any atom is 0.0740 e. The predicted octanol–water partition coefficient (Wildman–Crippen LogP) is 2.46. The molecule has 0 fully saturated rings. The Morgan fingerprint density at radius 3 is 2.88 bits per heavy atom. The minimum absolute atomic E-state index is 0.323. The van der Waals surface area contributed by atoms with Crippen molar-refractivity contribution in [1.82, 2.24) is 4.90 Å². The van der Waals surface area contributed by atoms with Gasteiger partial charge in [0.05, 0.1) is 12.7 Å². The fourth-order valence-corrected chi connectivity index (χ4v) is 1.91. The van der Waals surface area contributed by atoms with E-state index in [-0.39, 0.29) is 0 Å². The summed E-state index contributed by atoms with van der Waals surface area (Å²) in [7, 11) is 2.13. The smallest absolute Gasteiger partial charge is 0.0740 e. The van der Waals surface area contributed by atoms with Crippen LogP contribution in [0.4, 0.5) is 0 Å². The molecule has 0 amide bonds. The number of hydrogen-bond donors (Lipinski definition) is 0. The van der Waals surface area contributed by atoms with E-state index in [0.717, 1.165) is 19.5 Å². The first-order valence-corrected chi connectivity index (χ1v) is 5.83. The van der Waals surface area contributed by atoms with Crippen molar-refractivity contribution in [2.24, 2.45) is 0 Å². The van der Waals surface area contributed by atoms with Crippen LogP contribution in [0.2, 0.25) is 0 Å². The molecule has 0 saturated heterocycles. The Bertz CT molecular complexity index is 334. The Hall–Kier alpha value is -1.12. The van der Waals surface area contributed by atoms with Gasteiger partial charge in [-0.05, 0) is 19.0 Å². The van der Waals surface area contributed by atoms with Crippen LogP contribution < -0.4 is 0 Å². The van der Waals surface area contributed by atoms with Gasteiger partial charge in [-0.15, -0.1) is 0 Å². The summed E-state index contributed by atoms with van der Waals surface area (Å²) in [6.07, 6.45) is 5.78. The molecule has 0 aliphatic carbocycles. The lowest BCUT2D eigenvalue weighted by molar-refractivity contribution is 0.0262. The lowest BCUT2D eigenvalue weighted by Gasteiger charge is -2.20. The SMILES string of the molecule is CN1CC=CCC(OCc2ccccc2)C1. The Labute approximate surface area is 97.5 Å². The van der Waals surface area contributed by atoms with E-state index in [2.05, 4.69) is 48.4 Å². The van der Waals surface area contributed by atoms with E-state index in [1.54, 1.807) is 0 Å². The van der Waals surface area contributed by atoms with Gasteiger partial charge in [0.1, 0.15) is 0 Å². The molecular weight excluding hydrogens is 198 g/mol. The topological polar surface area (TPSA) is 12.5 Å². The third kappa shape index (κ3) is 3.47. The Balaban J connectivity index is 1.83. The molecule has 86 valence electrons. The van der Waals surface area contributed by atoms with Crippen LogP contribution in [0.3, 0.4) is 0 Å². The maximum atomic E-state index is 5.93. The Morgan fingerprint density at radius 1 is 1.25 bits per heavy atom. The lowest BCUT2D eigenvalue weighted by Crippen LogP contribution is -2.29. The molecule has 0 saturated carbocycles. The van der Waals surface area contributed by atoms with Gasteiger partial charge in [0.2, 0.25) is 0 Å². The summed E-state index contributed by atoms with van der Waals surface area (Å²) in [5, 5.41) is 0. The molecule has 2 heteroatoms. The molecule has 1 aliphatic heterocycles. The third-order valence-electron chi connectivity index (χ3n) is 2.83. The summed E-state index contributed by atoms with van der Waals surface area (Å²) in [6, 6.07) is 10.4. The standard InChI is InChI=1S/C14H19NO/c1-15-10-6-5-9-14(11-15)16-12-13-7-3-2-4-8-13/h2-8,14H,9-12H2,1H3. The number of likely N-dealkylation sites (N-methyl/N-ethyl adjacent to an activating group) is 1. The normalized spacial score (nSPS) is 21.9. The third-order valence-corrected chi connectivity index (χ3v) is 2.83. The van der Waals surface area contributed by atoms with Crippen molar-refractivity contribution in [2.75, 3.05) is 20.1 Å². The van der Waals surface area contributed by atoms with E-state index in [1.807, 2.05) is 6.07 Å². The zero-order valence-electron chi connectivity index (χ0n) is 9.80. The van der Waals surface area contributed by atoms with Crippen LogP contribution in [-0.2, 0) is 11.3 Å². The van der Waals surface area contributed by atoms with Crippen LogP contribution in [0, 0.1) is 0 Å². The first kappa shape index (κ1) is 11.4. The first-order chi connectivity index (χ1) is 7.84. The maximum absolute atomic E-state index is 5.93. The largest absolute Gasteiger partial charge is 0.372 e. The van der Waals surface area contributed by atoms with Crippen molar-refractivity contribution in [2.45, 2.75) is 19.1 Å². The van der Waals surface area contributed by atoms with Crippen LogP contribution in [0.1, 0.15) is 12.0 Å². The van der Waals surface area contributed by atoms with Gasteiger partial charge in [-0.2, -0.15) is 0 Å². The van der Waals surface area contributed by atoms with Crippen molar-refractivity contribution in [3.63, 3.8) is 0 Å². The molecule has 16 heavy (non-hydrogen) atoms.